The molecule has 1 heterocycles. The molecule has 0 unspecified atom stereocenters. The van der Waals surface area contributed by atoms with Gasteiger partial charge in [-0.25, -0.2) is 9.78 Å². The summed E-state index contributed by atoms with van der Waals surface area (Å²) in [5, 5.41) is 12.4. The van der Waals surface area contributed by atoms with E-state index in [1.807, 2.05) is 43.5 Å². The summed E-state index contributed by atoms with van der Waals surface area (Å²) in [6.45, 7) is 5.39. The Labute approximate surface area is 191 Å². The van der Waals surface area contributed by atoms with Crippen LogP contribution in [0, 0.1) is 0 Å². The maximum atomic E-state index is 11.8. The first-order valence-electron chi connectivity index (χ1n) is 10.3. The maximum Gasteiger partial charge on any atom is 0.339 e. The van der Waals surface area contributed by atoms with Gasteiger partial charge in [-0.15, -0.1) is 11.3 Å². The van der Waals surface area contributed by atoms with Crippen molar-refractivity contribution in [1.29, 1.82) is 0 Å². The van der Waals surface area contributed by atoms with Crippen molar-refractivity contribution in [3.63, 3.8) is 0 Å². The Morgan fingerprint density at radius 1 is 1.03 bits per heavy atom. The van der Waals surface area contributed by atoms with Gasteiger partial charge in [0.1, 0.15) is 16.3 Å². The Morgan fingerprint density at radius 2 is 1.78 bits per heavy atom. The molecular formula is C24H27NO6S. The van der Waals surface area contributed by atoms with Crippen LogP contribution >= 0.6 is 11.3 Å². The van der Waals surface area contributed by atoms with E-state index < -0.39 is 5.97 Å². The highest BCUT2D eigenvalue weighted by Gasteiger charge is 2.19. The van der Waals surface area contributed by atoms with Crippen LogP contribution < -0.4 is 14.2 Å². The Bertz CT molecular complexity index is 1080. The van der Waals surface area contributed by atoms with Crippen LogP contribution in [0.3, 0.4) is 0 Å². The summed E-state index contributed by atoms with van der Waals surface area (Å²) in [7, 11) is 3.08. The minimum absolute atomic E-state index is 0.102. The number of carboxylic acid groups (broad SMARTS) is 1. The second kappa shape index (κ2) is 11.0. The lowest BCUT2D eigenvalue weighted by molar-refractivity contribution is 0.0693. The van der Waals surface area contributed by atoms with Gasteiger partial charge in [-0.1, -0.05) is 0 Å². The number of hydrogen-bond donors (Lipinski definition) is 1. The van der Waals surface area contributed by atoms with E-state index in [-0.39, 0.29) is 5.56 Å². The number of benzene rings is 2. The van der Waals surface area contributed by atoms with Gasteiger partial charge in [-0.2, -0.15) is 0 Å². The monoisotopic (exact) mass is 457 g/mol. The quantitative estimate of drug-likeness (QED) is 0.425. The van der Waals surface area contributed by atoms with Gasteiger partial charge in [0.05, 0.1) is 32.6 Å². The van der Waals surface area contributed by atoms with Crippen LogP contribution in [0.2, 0.25) is 0 Å². The maximum absolute atomic E-state index is 11.8. The minimum atomic E-state index is -1.05. The summed E-state index contributed by atoms with van der Waals surface area (Å²) >= 11 is 1.48. The van der Waals surface area contributed by atoms with Crippen molar-refractivity contribution in [2.75, 3.05) is 34.0 Å². The Kier molecular flexibility index (Phi) is 8.08. The molecule has 7 nitrogen and oxygen atoms in total. The van der Waals surface area contributed by atoms with Crippen molar-refractivity contribution < 1.29 is 28.8 Å². The summed E-state index contributed by atoms with van der Waals surface area (Å²) in [5.74, 6) is 0.661. The topological polar surface area (TPSA) is 87.1 Å². The number of methoxy groups -OCH3 is 2. The van der Waals surface area contributed by atoms with Gasteiger partial charge in [0.25, 0.3) is 0 Å². The van der Waals surface area contributed by atoms with Crippen LogP contribution in [-0.4, -0.2) is 50.1 Å². The lowest BCUT2D eigenvalue weighted by Gasteiger charge is -2.13. The molecule has 0 aliphatic rings. The Balaban J connectivity index is 2.01. The zero-order valence-corrected chi connectivity index (χ0v) is 19.5. The molecule has 0 aliphatic heterocycles. The number of nitrogens with zero attached hydrogens (tertiary/aromatic N) is 1. The molecule has 3 aromatic rings. The third-order valence-electron chi connectivity index (χ3n) is 4.77. The first-order valence-corrected chi connectivity index (χ1v) is 11.2. The van der Waals surface area contributed by atoms with Crippen LogP contribution in [0.4, 0.5) is 0 Å². The van der Waals surface area contributed by atoms with Crippen molar-refractivity contribution >= 4 is 17.3 Å². The molecule has 0 saturated heterocycles. The van der Waals surface area contributed by atoms with E-state index in [0.29, 0.717) is 54.7 Å². The van der Waals surface area contributed by atoms with Crippen molar-refractivity contribution in [2.24, 2.45) is 0 Å². The predicted molar refractivity (Wildman–Crippen MR) is 124 cm³/mol. The number of rotatable bonds is 11. The summed E-state index contributed by atoms with van der Waals surface area (Å²) in [6, 6.07) is 9.24. The largest absolute Gasteiger partial charge is 0.496 e. The number of hydrogen-bond acceptors (Lipinski definition) is 7. The van der Waals surface area contributed by atoms with Gasteiger partial charge in [-0.3, -0.25) is 0 Å². The highest BCUT2D eigenvalue weighted by Crippen LogP contribution is 2.37. The van der Waals surface area contributed by atoms with Crippen LogP contribution in [0.25, 0.3) is 21.8 Å². The first kappa shape index (κ1) is 23.6. The van der Waals surface area contributed by atoms with Crippen molar-refractivity contribution in [3.05, 3.63) is 46.8 Å². The molecule has 0 atom stereocenters. The molecule has 170 valence electrons. The molecule has 1 aromatic heterocycles. The number of carbonyl (C=O) groups is 1. The molecule has 0 aliphatic carbocycles. The van der Waals surface area contributed by atoms with Crippen LogP contribution in [0.15, 0.2) is 35.7 Å². The second-order valence-corrected chi connectivity index (χ2v) is 7.69. The van der Waals surface area contributed by atoms with E-state index in [4.69, 9.17) is 23.9 Å². The number of ether oxygens (including phenoxy) is 4. The molecule has 0 fully saturated rings. The third kappa shape index (κ3) is 5.20. The SMILES string of the molecule is CCOc1ccc(-c2nc(-c3cc(CCOC)c(OC)c(C(=O)O)c3)cs2)cc1OCC. The van der Waals surface area contributed by atoms with Gasteiger partial charge in [0.15, 0.2) is 11.5 Å². The van der Waals surface area contributed by atoms with Crippen molar-refractivity contribution in [3.8, 4) is 39.1 Å². The van der Waals surface area contributed by atoms with Crippen LogP contribution in [0.1, 0.15) is 29.8 Å². The van der Waals surface area contributed by atoms with Gasteiger partial charge in [0, 0.05) is 23.6 Å². The molecular weight excluding hydrogens is 430 g/mol. The summed E-state index contributed by atoms with van der Waals surface area (Å²) in [6.07, 6.45) is 0.529. The number of thiazole rings is 1. The molecule has 32 heavy (non-hydrogen) atoms. The molecule has 8 heteroatoms. The van der Waals surface area contributed by atoms with E-state index in [9.17, 15) is 9.90 Å². The average Bonchev–Trinajstić information content (AvgIpc) is 3.28. The van der Waals surface area contributed by atoms with E-state index in [2.05, 4.69) is 0 Å². The highest BCUT2D eigenvalue weighted by molar-refractivity contribution is 7.13. The molecule has 2 aromatic carbocycles. The fraction of sp³-hybridized carbons (Fsp3) is 0.333. The van der Waals surface area contributed by atoms with Crippen molar-refractivity contribution in [2.45, 2.75) is 20.3 Å². The van der Waals surface area contributed by atoms with E-state index in [1.165, 1.54) is 18.4 Å². The fourth-order valence-corrected chi connectivity index (χ4v) is 4.18. The highest BCUT2D eigenvalue weighted by atomic mass is 32.1. The Morgan fingerprint density at radius 3 is 2.44 bits per heavy atom. The lowest BCUT2D eigenvalue weighted by Crippen LogP contribution is -2.06. The van der Waals surface area contributed by atoms with Gasteiger partial charge < -0.3 is 24.1 Å². The van der Waals surface area contributed by atoms with E-state index in [0.717, 1.165) is 16.1 Å². The number of aromatic nitrogens is 1. The zero-order chi connectivity index (χ0) is 23.1. The molecule has 3 rings (SSSR count). The predicted octanol–water partition coefficient (Wildman–Crippen LogP) is 5.17. The average molecular weight is 458 g/mol. The molecule has 0 radical (unpaired) electrons. The zero-order valence-electron chi connectivity index (χ0n) is 18.6. The molecule has 1 N–H and O–H groups in total. The lowest BCUT2D eigenvalue weighted by atomic mass is 10.0. The van der Waals surface area contributed by atoms with E-state index >= 15 is 0 Å². The van der Waals surface area contributed by atoms with Gasteiger partial charge in [0.2, 0.25) is 0 Å². The summed E-state index contributed by atoms with van der Waals surface area (Å²) in [4.78, 5) is 16.6. The van der Waals surface area contributed by atoms with Gasteiger partial charge in [-0.05, 0) is 56.2 Å². The van der Waals surface area contributed by atoms with E-state index in [1.54, 1.807) is 13.2 Å². The standard InChI is InChI=1S/C24H27NO6S/c1-5-30-20-8-7-16(13-21(20)31-6-2)23-25-19(14-32-23)17-11-15(9-10-28-3)22(29-4)18(12-17)24(26)27/h7-8,11-14H,5-6,9-10H2,1-4H3,(H,26,27). The molecule has 0 amide bonds. The fourth-order valence-electron chi connectivity index (χ4n) is 3.36. The molecule has 0 saturated carbocycles. The Hall–Kier alpha value is -3.10. The summed E-state index contributed by atoms with van der Waals surface area (Å²) < 4.78 is 21.9. The minimum Gasteiger partial charge on any atom is -0.496 e. The number of carboxylic acids is 1. The van der Waals surface area contributed by atoms with Crippen molar-refractivity contribution in [1.82, 2.24) is 4.98 Å². The smallest absolute Gasteiger partial charge is 0.339 e. The molecule has 0 spiro atoms. The second-order valence-electron chi connectivity index (χ2n) is 6.83. The third-order valence-corrected chi connectivity index (χ3v) is 5.66. The van der Waals surface area contributed by atoms with Gasteiger partial charge >= 0.3 is 5.97 Å². The normalized spacial score (nSPS) is 10.8. The van der Waals surface area contributed by atoms with Crippen LogP contribution in [0.5, 0.6) is 17.2 Å². The number of aromatic carboxylic acids is 1. The summed E-state index contributed by atoms with van der Waals surface area (Å²) in [5.41, 5.74) is 3.18. The first-order chi connectivity index (χ1) is 15.5. The molecule has 0 bridgehead atoms. The van der Waals surface area contributed by atoms with Crippen LogP contribution in [-0.2, 0) is 11.2 Å².